The summed E-state index contributed by atoms with van der Waals surface area (Å²) in [6.07, 6.45) is 0. The molecule has 0 aliphatic heterocycles. The molecule has 0 unspecified atom stereocenters. The molecule has 0 aromatic heterocycles. The van der Waals surface area contributed by atoms with Crippen molar-refractivity contribution in [2.24, 2.45) is 0 Å². The summed E-state index contributed by atoms with van der Waals surface area (Å²) >= 11 is 0. The predicted octanol–water partition coefficient (Wildman–Crippen LogP) is 3.04. The maximum Gasteiger partial charge on any atom is 0.161 e. The molecule has 1 N–H and O–H groups in total. The zero-order valence-electron chi connectivity index (χ0n) is 12.1. The highest BCUT2D eigenvalue weighted by molar-refractivity contribution is 5.39. The lowest BCUT2D eigenvalue weighted by Gasteiger charge is -2.12. The van der Waals surface area contributed by atoms with Gasteiger partial charge in [-0.1, -0.05) is 24.3 Å². The summed E-state index contributed by atoms with van der Waals surface area (Å²) in [6.45, 7) is 3.46. The Bertz CT molecular complexity index is 537. The van der Waals surface area contributed by atoms with E-state index in [9.17, 15) is 0 Å². The fourth-order valence-electron chi connectivity index (χ4n) is 1.85. The van der Waals surface area contributed by atoms with Gasteiger partial charge in [-0.2, -0.15) is 0 Å². The van der Waals surface area contributed by atoms with Gasteiger partial charge in [0, 0.05) is 0 Å². The molecular formula is C17H20O4. The number of hydrogen-bond donors (Lipinski definition) is 1. The Morgan fingerprint density at radius 3 is 2.05 bits per heavy atom. The molecule has 4 heteroatoms. The summed E-state index contributed by atoms with van der Waals surface area (Å²) < 4.78 is 16.7. The van der Waals surface area contributed by atoms with Crippen molar-refractivity contribution in [2.45, 2.75) is 13.5 Å². The second-order valence-electron chi connectivity index (χ2n) is 4.38. The van der Waals surface area contributed by atoms with Crippen molar-refractivity contribution >= 4 is 0 Å². The van der Waals surface area contributed by atoms with Crippen LogP contribution in [0.15, 0.2) is 48.5 Å². The molecule has 0 amide bonds. The molecule has 2 aromatic rings. The lowest BCUT2D eigenvalue weighted by Crippen LogP contribution is -2.09. The first-order chi connectivity index (χ1) is 10.3. The fraction of sp³-hybridized carbons (Fsp3) is 0.294. The molecule has 0 aliphatic carbocycles. The van der Waals surface area contributed by atoms with Crippen LogP contribution in [0.25, 0.3) is 0 Å². The van der Waals surface area contributed by atoms with E-state index in [4.69, 9.17) is 19.3 Å². The van der Waals surface area contributed by atoms with Crippen LogP contribution in [0.3, 0.4) is 0 Å². The molecule has 0 spiro atoms. The van der Waals surface area contributed by atoms with Crippen molar-refractivity contribution in [3.63, 3.8) is 0 Å². The summed E-state index contributed by atoms with van der Waals surface area (Å²) in [6, 6.07) is 14.9. The number of para-hydroxylation sites is 2. The summed E-state index contributed by atoms with van der Waals surface area (Å²) in [7, 11) is 0. The zero-order valence-corrected chi connectivity index (χ0v) is 12.1. The van der Waals surface area contributed by atoms with E-state index in [0.717, 1.165) is 22.8 Å². The van der Waals surface area contributed by atoms with Gasteiger partial charge < -0.3 is 19.3 Å². The molecule has 21 heavy (non-hydrogen) atoms. The normalized spacial score (nSPS) is 10.2. The van der Waals surface area contributed by atoms with Gasteiger partial charge in [0.1, 0.15) is 19.0 Å². The Hall–Kier alpha value is -2.20. The first kappa shape index (κ1) is 15.2. The summed E-state index contributed by atoms with van der Waals surface area (Å²) in [5.74, 6) is 2.22. The van der Waals surface area contributed by atoms with Crippen molar-refractivity contribution in [3.8, 4) is 17.2 Å². The zero-order chi connectivity index (χ0) is 14.9. The van der Waals surface area contributed by atoms with Gasteiger partial charge >= 0.3 is 0 Å². The van der Waals surface area contributed by atoms with E-state index in [2.05, 4.69) is 0 Å². The summed E-state index contributed by atoms with van der Waals surface area (Å²) in [5, 5.41) is 8.97. The standard InChI is InChI=1S/C17H20O4/c1-2-19-16-5-3-4-6-17(16)21-12-11-20-15-9-7-14(13-18)8-10-15/h3-10,18H,2,11-13H2,1H3. The molecule has 0 heterocycles. The minimum absolute atomic E-state index is 0.0393. The van der Waals surface area contributed by atoms with Gasteiger partial charge in [0.2, 0.25) is 0 Å². The Morgan fingerprint density at radius 2 is 1.43 bits per heavy atom. The molecule has 0 aliphatic rings. The van der Waals surface area contributed by atoms with Crippen LogP contribution in [0.4, 0.5) is 0 Å². The highest BCUT2D eigenvalue weighted by atomic mass is 16.5. The van der Waals surface area contributed by atoms with Crippen LogP contribution in [0.5, 0.6) is 17.2 Å². The summed E-state index contributed by atoms with van der Waals surface area (Å²) in [5.41, 5.74) is 0.865. The minimum Gasteiger partial charge on any atom is -0.490 e. The number of benzene rings is 2. The van der Waals surface area contributed by atoms with E-state index in [-0.39, 0.29) is 6.61 Å². The van der Waals surface area contributed by atoms with Crippen molar-refractivity contribution in [1.82, 2.24) is 0 Å². The largest absolute Gasteiger partial charge is 0.490 e. The molecule has 112 valence electrons. The monoisotopic (exact) mass is 288 g/mol. The van der Waals surface area contributed by atoms with Gasteiger partial charge in [-0.25, -0.2) is 0 Å². The smallest absolute Gasteiger partial charge is 0.161 e. The van der Waals surface area contributed by atoms with Gasteiger partial charge in [-0.05, 0) is 36.8 Å². The maximum atomic E-state index is 8.97. The van der Waals surface area contributed by atoms with E-state index < -0.39 is 0 Å². The van der Waals surface area contributed by atoms with Crippen LogP contribution < -0.4 is 14.2 Å². The van der Waals surface area contributed by atoms with Crippen LogP contribution >= 0.6 is 0 Å². The summed E-state index contributed by atoms with van der Waals surface area (Å²) in [4.78, 5) is 0. The fourth-order valence-corrected chi connectivity index (χ4v) is 1.85. The highest BCUT2D eigenvalue weighted by Crippen LogP contribution is 2.26. The second kappa shape index (κ2) is 8.17. The van der Waals surface area contributed by atoms with Crippen LogP contribution in [0, 0.1) is 0 Å². The topological polar surface area (TPSA) is 47.9 Å². The number of hydrogen-bond acceptors (Lipinski definition) is 4. The van der Waals surface area contributed by atoms with Crippen LogP contribution in [-0.2, 0) is 6.61 Å². The van der Waals surface area contributed by atoms with E-state index in [1.54, 1.807) is 0 Å². The third-order valence-corrected chi connectivity index (χ3v) is 2.86. The molecule has 2 rings (SSSR count). The van der Waals surface area contributed by atoms with E-state index in [1.165, 1.54) is 0 Å². The molecule has 4 nitrogen and oxygen atoms in total. The third kappa shape index (κ3) is 4.68. The molecule has 0 saturated carbocycles. The Morgan fingerprint density at radius 1 is 0.810 bits per heavy atom. The van der Waals surface area contributed by atoms with Crippen LogP contribution in [0.1, 0.15) is 12.5 Å². The quantitative estimate of drug-likeness (QED) is 0.758. The van der Waals surface area contributed by atoms with Crippen molar-refractivity contribution in [3.05, 3.63) is 54.1 Å². The molecule has 0 fully saturated rings. The average Bonchev–Trinajstić information content (AvgIpc) is 2.54. The minimum atomic E-state index is 0.0393. The van der Waals surface area contributed by atoms with Gasteiger partial charge in [-0.3, -0.25) is 0 Å². The average molecular weight is 288 g/mol. The first-order valence-electron chi connectivity index (χ1n) is 7.00. The number of aliphatic hydroxyl groups is 1. The van der Waals surface area contributed by atoms with Gasteiger partial charge in [0.05, 0.1) is 13.2 Å². The molecular weight excluding hydrogens is 268 g/mol. The highest BCUT2D eigenvalue weighted by Gasteiger charge is 2.03. The van der Waals surface area contributed by atoms with Gasteiger partial charge in [-0.15, -0.1) is 0 Å². The van der Waals surface area contributed by atoms with Gasteiger partial charge in [0.25, 0.3) is 0 Å². The Labute approximate surface area is 124 Å². The third-order valence-electron chi connectivity index (χ3n) is 2.86. The SMILES string of the molecule is CCOc1ccccc1OCCOc1ccc(CO)cc1. The number of ether oxygens (including phenoxy) is 3. The maximum absolute atomic E-state index is 8.97. The van der Waals surface area contributed by atoms with E-state index in [0.29, 0.717) is 19.8 Å². The molecule has 0 radical (unpaired) electrons. The Balaban J connectivity index is 1.79. The lowest BCUT2D eigenvalue weighted by atomic mass is 10.2. The van der Waals surface area contributed by atoms with Crippen molar-refractivity contribution < 1.29 is 19.3 Å². The molecule has 0 bridgehead atoms. The number of rotatable bonds is 8. The van der Waals surface area contributed by atoms with E-state index >= 15 is 0 Å². The number of aliphatic hydroxyl groups excluding tert-OH is 1. The van der Waals surface area contributed by atoms with E-state index in [1.807, 2.05) is 55.5 Å². The second-order valence-corrected chi connectivity index (χ2v) is 4.38. The molecule has 0 saturated heterocycles. The van der Waals surface area contributed by atoms with Crippen LogP contribution in [-0.4, -0.2) is 24.9 Å². The molecule has 2 aromatic carbocycles. The lowest BCUT2D eigenvalue weighted by molar-refractivity contribution is 0.208. The van der Waals surface area contributed by atoms with Crippen molar-refractivity contribution in [2.75, 3.05) is 19.8 Å². The predicted molar refractivity (Wildman–Crippen MR) is 81.0 cm³/mol. The van der Waals surface area contributed by atoms with Crippen LogP contribution in [0.2, 0.25) is 0 Å². The van der Waals surface area contributed by atoms with Crippen molar-refractivity contribution in [1.29, 1.82) is 0 Å². The first-order valence-corrected chi connectivity index (χ1v) is 7.00. The Kier molecular flexibility index (Phi) is 5.91. The molecule has 0 atom stereocenters. The van der Waals surface area contributed by atoms with Gasteiger partial charge in [0.15, 0.2) is 11.5 Å².